The van der Waals surface area contributed by atoms with Gasteiger partial charge in [-0.05, 0) is 74.0 Å². The highest BCUT2D eigenvalue weighted by atomic mass is 32.2. The second-order valence-corrected chi connectivity index (χ2v) is 10.4. The number of sulfonamides is 1. The molecule has 8 nitrogen and oxygen atoms in total. The van der Waals surface area contributed by atoms with Crippen molar-refractivity contribution in [2.75, 3.05) is 26.3 Å². The highest BCUT2D eigenvalue weighted by Crippen LogP contribution is 2.22. The van der Waals surface area contributed by atoms with Crippen LogP contribution in [-0.2, 0) is 27.8 Å². The minimum atomic E-state index is -3.65. The molecule has 2 rings (SSSR count). The Labute approximate surface area is 209 Å². The topological polar surface area (TPSA) is 142 Å². The number of rotatable bonds is 18. The van der Waals surface area contributed by atoms with Gasteiger partial charge in [-0.3, -0.25) is 0 Å². The Morgan fingerprint density at radius 1 is 0.943 bits per heavy atom. The van der Waals surface area contributed by atoms with Gasteiger partial charge >= 0.3 is 0 Å². The number of nitrogens with one attached hydrogen (secondary N) is 1. The molecule has 2 aromatic carbocycles. The van der Waals surface area contributed by atoms with Crippen LogP contribution in [0.1, 0.15) is 67.7 Å². The number of benzene rings is 2. The third kappa shape index (κ3) is 11.5. The highest BCUT2D eigenvalue weighted by molar-refractivity contribution is 7.89. The Hall–Kier alpha value is -2.01. The van der Waals surface area contributed by atoms with Crippen LogP contribution in [0.2, 0.25) is 0 Å². The first kappa shape index (κ1) is 29.2. The van der Waals surface area contributed by atoms with Gasteiger partial charge in [0.2, 0.25) is 10.0 Å². The van der Waals surface area contributed by atoms with Gasteiger partial charge in [-0.15, -0.1) is 0 Å². The van der Waals surface area contributed by atoms with Crippen LogP contribution in [-0.4, -0.2) is 50.0 Å². The van der Waals surface area contributed by atoms with E-state index < -0.39 is 16.1 Å². The number of aromatic hydroxyl groups is 1. The van der Waals surface area contributed by atoms with Crippen LogP contribution < -0.4 is 10.5 Å². The lowest BCUT2D eigenvalue weighted by atomic mass is 10.1. The van der Waals surface area contributed by atoms with Gasteiger partial charge in [0.1, 0.15) is 5.75 Å². The summed E-state index contributed by atoms with van der Waals surface area (Å²) in [7, 11) is -3.65. The molecular formula is C26H40N2O6S. The van der Waals surface area contributed by atoms with Gasteiger partial charge in [0.25, 0.3) is 0 Å². The maximum Gasteiger partial charge on any atom is 0.238 e. The van der Waals surface area contributed by atoms with E-state index in [1.165, 1.54) is 12.1 Å². The minimum absolute atomic E-state index is 0.0337. The highest BCUT2D eigenvalue weighted by Gasteiger charge is 2.10. The summed E-state index contributed by atoms with van der Waals surface area (Å²) in [5.74, 6) is 0.0337. The predicted molar refractivity (Wildman–Crippen MR) is 137 cm³/mol. The first-order valence-electron chi connectivity index (χ1n) is 12.3. The molecule has 9 heteroatoms. The Kier molecular flexibility index (Phi) is 13.3. The van der Waals surface area contributed by atoms with Crippen molar-refractivity contribution >= 4 is 10.0 Å². The van der Waals surface area contributed by atoms with Crippen molar-refractivity contribution in [1.29, 1.82) is 0 Å². The molecule has 0 fully saturated rings. The van der Waals surface area contributed by atoms with Gasteiger partial charge in [-0.1, -0.05) is 37.5 Å². The van der Waals surface area contributed by atoms with Crippen LogP contribution in [0.3, 0.4) is 0 Å². The number of aliphatic hydroxyl groups is 2. The average Bonchev–Trinajstić information content (AvgIpc) is 2.84. The van der Waals surface area contributed by atoms with E-state index in [0.717, 1.165) is 76.7 Å². The SMILES string of the molecule is NS(=O)(=O)c1cccc(CCCCCOCCCCCCNCC(O)c2ccc(O)c(CO)c2)c1. The van der Waals surface area contributed by atoms with Gasteiger partial charge in [-0.2, -0.15) is 0 Å². The number of primary sulfonamides is 1. The lowest BCUT2D eigenvalue weighted by Crippen LogP contribution is -2.22. The number of hydrogen-bond acceptors (Lipinski definition) is 7. The van der Waals surface area contributed by atoms with E-state index in [1.807, 2.05) is 6.07 Å². The van der Waals surface area contributed by atoms with Crippen molar-refractivity contribution in [1.82, 2.24) is 5.32 Å². The molecule has 0 aliphatic carbocycles. The molecule has 0 saturated carbocycles. The van der Waals surface area contributed by atoms with Crippen molar-refractivity contribution in [3.8, 4) is 5.75 Å². The molecule has 2 aromatic rings. The Morgan fingerprint density at radius 2 is 1.66 bits per heavy atom. The summed E-state index contributed by atoms with van der Waals surface area (Å²) in [5, 5.41) is 37.5. The Balaban J connectivity index is 1.41. The summed E-state index contributed by atoms with van der Waals surface area (Å²) >= 11 is 0. The van der Waals surface area contributed by atoms with E-state index in [1.54, 1.807) is 24.3 Å². The van der Waals surface area contributed by atoms with Crippen molar-refractivity contribution in [2.45, 2.75) is 69.0 Å². The molecule has 0 aromatic heterocycles. The van der Waals surface area contributed by atoms with Crippen LogP contribution in [0.15, 0.2) is 47.4 Å². The zero-order chi connectivity index (χ0) is 25.5. The van der Waals surface area contributed by atoms with Crippen LogP contribution in [0.4, 0.5) is 0 Å². The van der Waals surface area contributed by atoms with Crippen molar-refractivity contribution < 1.29 is 28.5 Å². The van der Waals surface area contributed by atoms with Gasteiger partial charge in [0.15, 0.2) is 0 Å². The monoisotopic (exact) mass is 508 g/mol. The summed E-state index contributed by atoms with van der Waals surface area (Å²) in [6.45, 7) is 2.49. The maximum atomic E-state index is 11.4. The fraction of sp³-hybridized carbons (Fsp3) is 0.538. The molecule has 6 N–H and O–H groups in total. The normalized spacial score (nSPS) is 12.7. The van der Waals surface area contributed by atoms with Crippen molar-refractivity contribution in [3.05, 3.63) is 59.2 Å². The van der Waals surface area contributed by atoms with E-state index in [2.05, 4.69) is 5.32 Å². The van der Waals surface area contributed by atoms with Crippen LogP contribution in [0.25, 0.3) is 0 Å². The first-order chi connectivity index (χ1) is 16.8. The smallest absolute Gasteiger partial charge is 0.238 e. The summed E-state index contributed by atoms with van der Waals surface area (Å²) in [6.07, 6.45) is 7.39. The number of phenols is 1. The van der Waals surface area contributed by atoms with E-state index in [0.29, 0.717) is 17.7 Å². The average molecular weight is 509 g/mol. The maximum absolute atomic E-state index is 11.4. The van der Waals surface area contributed by atoms with Gasteiger partial charge in [0.05, 0.1) is 17.6 Å². The molecular weight excluding hydrogens is 468 g/mol. The first-order valence-corrected chi connectivity index (χ1v) is 13.9. The third-order valence-electron chi connectivity index (χ3n) is 5.87. The molecule has 0 spiro atoms. The Bertz CT molecular complexity index is 984. The minimum Gasteiger partial charge on any atom is -0.508 e. The number of aliphatic hydroxyl groups excluding tert-OH is 2. The second kappa shape index (κ2) is 15.9. The molecule has 0 saturated heterocycles. The van der Waals surface area contributed by atoms with Gasteiger partial charge in [0, 0.05) is 25.3 Å². The fourth-order valence-electron chi connectivity index (χ4n) is 3.79. The quantitative estimate of drug-likeness (QED) is 0.195. The van der Waals surface area contributed by atoms with Gasteiger partial charge in [-0.25, -0.2) is 13.6 Å². The van der Waals surface area contributed by atoms with E-state index in [-0.39, 0.29) is 17.3 Å². The summed E-state index contributed by atoms with van der Waals surface area (Å²) in [5.41, 5.74) is 2.07. The number of aryl methyl sites for hydroxylation is 1. The Morgan fingerprint density at radius 3 is 2.37 bits per heavy atom. The lowest BCUT2D eigenvalue weighted by molar-refractivity contribution is 0.126. The van der Waals surface area contributed by atoms with Crippen LogP contribution in [0, 0.1) is 0 Å². The molecule has 0 bridgehead atoms. The fourth-order valence-corrected chi connectivity index (χ4v) is 4.38. The van der Waals surface area contributed by atoms with Crippen LogP contribution >= 0.6 is 0 Å². The molecule has 35 heavy (non-hydrogen) atoms. The largest absolute Gasteiger partial charge is 0.508 e. The van der Waals surface area contributed by atoms with Crippen molar-refractivity contribution in [2.24, 2.45) is 5.14 Å². The number of nitrogens with two attached hydrogens (primary N) is 1. The summed E-state index contributed by atoms with van der Waals surface area (Å²) in [4.78, 5) is 0.165. The van der Waals surface area contributed by atoms with Crippen LogP contribution in [0.5, 0.6) is 5.75 Å². The van der Waals surface area contributed by atoms with E-state index in [9.17, 15) is 23.7 Å². The predicted octanol–water partition coefficient (Wildman–Crippen LogP) is 3.14. The third-order valence-corrected chi connectivity index (χ3v) is 6.78. The summed E-state index contributed by atoms with van der Waals surface area (Å²) in [6, 6.07) is 11.6. The lowest BCUT2D eigenvalue weighted by Gasteiger charge is -2.14. The van der Waals surface area contributed by atoms with E-state index >= 15 is 0 Å². The molecule has 0 heterocycles. The number of ether oxygens (including phenoxy) is 1. The second-order valence-electron chi connectivity index (χ2n) is 8.80. The molecule has 1 atom stereocenters. The number of hydrogen-bond donors (Lipinski definition) is 5. The van der Waals surface area contributed by atoms with Crippen molar-refractivity contribution in [3.63, 3.8) is 0 Å². The summed E-state index contributed by atoms with van der Waals surface area (Å²) < 4.78 is 28.5. The zero-order valence-electron chi connectivity index (χ0n) is 20.4. The van der Waals surface area contributed by atoms with Gasteiger partial charge < -0.3 is 25.4 Å². The number of unbranched alkanes of at least 4 members (excludes halogenated alkanes) is 5. The van der Waals surface area contributed by atoms with E-state index in [4.69, 9.17) is 9.88 Å². The standard InChI is InChI=1S/C26H40N2O6S/c27-35(32,33)24-11-8-10-21(17-24)9-4-3-7-16-34-15-6-2-1-5-14-28-19-26(31)22-12-13-25(30)23(18-22)20-29/h8,10-13,17-18,26,28-31H,1-7,9,14-16,19-20H2,(H2,27,32,33). The molecule has 1 unspecified atom stereocenters. The molecule has 0 amide bonds. The molecule has 0 aliphatic rings. The molecule has 196 valence electrons. The molecule has 0 radical (unpaired) electrons. The molecule has 0 aliphatic heterocycles. The zero-order valence-corrected chi connectivity index (χ0v) is 21.2.